The van der Waals surface area contributed by atoms with E-state index in [4.69, 9.17) is 14.9 Å². The summed E-state index contributed by atoms with van der Waals surface area (Å²) in [5.74, 6) is 4.01. The van der Waals surface area contributed by atoms with E-state index in [0.717, 1.165) is 0 Å². The van der Waals surface area contributed by atoms with Crippen LogP contribution in [0, 0.1) is 17.7 Å². The minimum absolute atomic E-state index is 0.0710. The van der Waals surface area contributed by atoms with Crippen molar-refractivity contribution in [2.75, 3.05) is 32.9 Å². The Labute approximate surface area is 121 Å². The molecule has 0 spiro atoms. The van der Waals surface area contributed by atoms with Gasteiger partial charge in [-0.25, -0.2) is 4.39 Å². The zero-order valence-electron chi connectivity index (χ0n) is 11.4. The summed E-state index contributed by atoms with van der Waals surface area (Å²) in [6.45, 7) is 0.391. The Bertz CT molecular complexity index is 579. The fourth-order valence-electron chi connectivity index (χ4n) is 2.09. The molecule has 0 saturated carbocycles. The number of amides is 1. The number of halogens is 1. The van der Waals surface area contributed by atoms with Crippen LogP contribution in [-0.4, -0.2) is 60.0 Å². The number of hydrogen-bond donors (Lipinski definition) is 2. The molecule has 21 heavy (non-hydrogen) atoms. The molecule has 1 heterocycles. The van der Waals surface area contributed by atoms with Gasteiger partial charge in [0, 0.05) is 18.7 Å². The van der Waals surface area contributed by atoms with E-state index in [9.17, 15) is 9.18 Å². The quantitative estimate of drug-likeness (QED) is 0.753. The first-order valence-corrected chi connectivity index (χ1v) is 6.56. The molecule has 1 aliphatic heterocycles. The molecule has 0 aromatic heterocycles. The van der Waals surface area contributed by atoms with Crippen LogP contribution in [0.1, 0.15) is 15.9 Å². The fourth-order valence-corrected chi connectivity index (χ4v) is 2.09. The zero-order chi connectivity index (χ0) is 15.2. The number of rotatable bonds is 2. The van der Waals surface area contributed by atoms with Crippen LogP contribution in [-0.2, 0) is 4.74 Å². The highest BCUT2D eigenvalue weighted by Crippen LogP contribution is 2.15. The monoisotopic (exact) mass is 293 g/mol. The van der Waals surface area contributed by atoms with Crippen molar-refractivity contribution in [3.63, 3.8) is 0 Å². The average Bonchev–Trinajstić information content (AvgIpc) is 2.53. The summed E-state index contributed by atoms with van der Waals surface area (Å²) in [5, 5.41) is 17.7. The van der Waals surface area contributed by atoms with Crippen molar-refractivity contribution in [1.82, 2.24) is 4.90 Å². The van der Waals surface area contributed by atoms with Crippen LogP contribution in [0.25, 0.3) is 0 Å². The highest BCUT2D eigenvalue weighted by atomic mass is 19.1. The number of benzene rings is 1. The lowest BCUT2D eigenvalue weighted by Gasteiger charge is -2.32. The normalized spacial score (nSPS) is 18.0. The van der Waals surface area contributed by atoms with Gasteiger partial charge in [-0.1, -0.05) is 11.8 Å². The molecule has 1 aromatic rings. The van der Waals surface area contributed by atoms with Gasteiger partial charge in [0.15, 0.2) is 0 Å². The second-order valence-electron chi connectivity index (χ2n) is 4.58. The highest BCUT2D eigenvalue weighted by Gasteiger charge is 2.26. The van der Waals surface area contributed by atoms with Crippen LogP contribution in [0.15, 0.2) is 18.2 Å². The largest absolute Gasteiger partial charge is 0.394 e. The number of nitrogens with zero attached hydrogens (tertiary/aromatic N) is 1. The summed E-state index contributed by atoms with van der Waals surface area (Å²) < 4.78 is 19.1. The molecule has 1 fully saturated rings. The molecule has 1 amide bonds. The third-order valence-corrected chi connectivity index (χ3v) is 3.14. The van der Waals surface area contributed by atoms with Crippen molar-refractivity contribution in [1.29, 1.82) is 0 Å². The van der Waals surface area contributed by atoms with Crippen molar-refractivity contribution in [2.24, 2.45) is 0 Å². The molecule has 1 aromatic carbocycles. The Morgan fingerprint density at radius 3 is 3.00 bits per heavy atom. The number of carbonyl (C=O) groups is 1. The Morgan fingerprint density at radius 1 is 1.48 bits per heavy atom. The summed E-state index contributed by atoms with van der Waals surface area (Å²) >= 11 is 0. The molecule has 5 nitrogen and oxygen atoms in total. The topological polar surface area (TPSA) is 70.0 Å². The van der Waals surface area contributed by atoms with Gasteiger partial charge in [0.05, 0.1) is 24.9 Å². The van der Waals surface area contributed by atoms with E-state index in [2.05, 4.69) is 11.8 Å². The number of aliphatic hydroxyl groups excluding tert-OH is 2. The van der Waals surface area contributed by atoms with E-state index in [1.165, 1.54) is 23.1 Å². The van der Waals surface area contributed by atoms with Gasteiger partial charge >= 0.3 is 0 Å². The van der Waals surface area contributed by atoms with Crippen LogP contribution in [0.5, 0.6) is 0 Å². The summed E-state index contributed by atoms with van der Waals surface area (Å²) in [6.07, 6.45) is -0.442. The van der Waals surface area contributed by atoms with Gasteiger partial charge in [-0.15, -0.1) is 0 Å². The molecule has 0 radical (unpaired) electrons. The molecule has 1 atom stereocenters. The van der Waals surface area contributed by atoms with Gasteiger partial charge < -0.3 is 19.8 Å². The standard InChI is InChI=1S/C15H16FNO4/c16-14-4-3-11(2-1-6-18)8-13(14)15(20)17-5-7-21-12(9-17)10-19/h3-4,8,12,18-19H,5-7,9-10H2. The molecule has 0 aliphatic carbocycles. The molecular weight excluding hydrogens is 277 g/mol. The van der Waals surface area contributed by atoms with Crippen molar-refractivity contribution < 1.29 is 24.1 Å². The average molecular weight is 293 g/mol. The third-order valence-electron chi connectivity index (χ3n) is 3.14. The van der Waals surface area contributed by atoms with Gasteiger partial charge in [-0.2, -0.15) is 0 Å². The SMILES string of the molecule is O=C(c1cc(C#CCO)ccc1F)N1CCOC(CO)C1. The summed E-state index contributed by atoms with van der Waals surface area (Å²) in [7, 11) is 0. The predicted molar refractivity (Wildman–Crippen MR) is 73.1 cm³/mol. The Morgan fingerprint density at radius 2 is 2.29 bits per heavy atom. The maximum Gasteiger partial charge on any atom is 0.257 e. The lowest BCUT2D eigenvalue weighted by Crippen LogP contribution is -2.47. The van der Waals surface area contributed by atoms with Crippen LogP contribution < -0.4 is 0 Å². The van der Waals surface area contributed by atoms with Crippen molar-refractivity contribution in [3.05, 3.63) is 35.1 Å². The molecule has 112 valence electrons. The maximum atomic E-state index is 13.9. The minimum atomic E-state index is -0.624. The first-order valence-electron chi connectivity index (χ1n) is 6.56. The van der Waals surface area contributed by atoms with E-state index in [-0.39, 0.29) is 25.3 Å². The maximum absolute atomic E-state index is 13.9. The van der Waals surface area contributed by atoms with Crippen LogP contribution in [0.2, 0.25) is 0 Å². The molecule has 6 heteroatoms. The van der Waals surface area contributed by atoms with Crippen LogP contribution >= 0.6 is 0 Å². The predicted octanol–water partition coefficient (Wildman–Crippen LogP) is 0.00280. The van der Waals surface area contributed by atoms with Crippen molar-refractivity contribution >= 4 is 5.91 Å². The van der Waals surface area contributed by atoms with E-state index in [0.29, 0.717) is 18.7 Å². The highest BCUT2D eigenvalue weighted by molar-refractivity contribution is 5.95. The van der Waals surface area contributed by atoms with E-state index < -0.39 is 17.8 Å². The van der Waals surface area contributed by atoms with Crippen molar-refractivity contribution in [2.45, 2.75) is 6.10 Å². The molecule has 1 unspecified atom stereocenters. The van der Waals surface area contributed by atoms with Crippen LogP contribution in [0.3, 0.4) is 0 Å². The molecule has 2 rings (SSSR count). The van der Waals surface area contributed by atoms with E-state index in [1.54, 1.807) is 0 Å². The molecule has 1 saturated heterocycles. The molecule has 1 aliphatic rings. The van der Waals surface area contributed by atoms with Gasteiger partial charge in [0.25, 0.3) is 5.91 Å². The van der Waals surface area contributed by atoms with E-state index in [1.807, 2.05) is 0 Å². The lowest BCUT2D eigenvalue weighted by atomic mass is 10.1. The summed E-state index contributed by atoms with van der Waals surface area (Å²) in [4.78, 5) is 13.8. The van der Waals surface area contributed by atoms with Gasteiger partial charge in [-0.05, 0) is 18.2 Å². The number of morpholine rings is 1. The number of ether oxygens (including phenoxy) is 1. The summed E-state index contributed by atoms with van der Waals surface area (Å²) in [6, 6.07) is 3.99. The number of hydrogen-bond acceptors (Lipinski definition) is 4. The Balaban J connectivity index is 2.21. The number of aliphatic hydroxyl groups is 2. The zero-order valence-corrected chi connectivity index (χ0v) is 11.4. The van der Waals surface area contributed by atoms with Gasteiger partial charge in [0.1, 0.15) is 12.4 Å². The Hall–Kier alpha value is -1.94. The number of carbonyl (C=O) groups excluding carboxylic acids is 1. The molecule has 2 N–H and O–H groups in total. The third kappa shape index (κ3) is 3.79. The van der Waals surface area contributed by atoms with Crippen LogP contribution in [0.4, 0.5) is 4.39 Å². The minimum Gasteiger partial charge on any atom is -0.394 e. The molecular formula is C15H16FNO4. The fraction of sp³-hybridized carbons (Fsp3) is 0.400. The summed E-state index contributed by atoms with van der Waals surface area (Å²) in [5.41, 5.74) is 0.388. The Kier molecular flexibility index (Phi) is 5.28. The first-order chi connectivity index (χ1) is 10.2. The van der Waals surface area contributed by atoms with E-state index >= 15 is 0 Å². The van der Waals surface area contributed by atoms with Crippen molar-refractivity contribution in [3.8, 4) is 11.8 Å². The second kappa shape index (κ2) is 7.18. The van der Waals surface area contributed by atoms with Gasteiger partial charge in [-0.3, -0.25) is 4.79 Å². The van der Waals surface area contributed by atoms with Gasteiger partial charge in [0.2, 0.25) is 0 Å². The lowest BCUT2D eigenvalue weighted by molar-refractivity contribution is -0.0448. The second-order valence-corrected chi connectivity index (χ2v) is 4.58. The smallest absolute Gasteiger partial charge is 0.257 e. The first kappa shape index (κ1) is 15.4. The molecule has 0 bridgehead atoms.